The van der Waals surface area contributed by atoms with Gasteiger partial charge in [0.15, 0.2) is 0 Å². The van der Waals surface area contributed by atoms with Crippen LogP contribution in [-0.2, 0) is 6.54 Å². The molecule has 4 rings (SSSR count). The number of fused-ring (bicyclic) bond motifs is 1. The summed E-state index contributed by atoms with van der Waals surface area (Å²) in [5, 5.41) is 18.4. The van der Waals surface area contributed by atoms with Gasteiger partial charge in [-0.1, -0.05) is 66.7 Å². The lowest BCUT2D eigenvalue weighted by Gasteiger charge is -2.23. The van der Waals surface area contributed by atoms with E-state index in [1.54, 1.807) is 12.3 Å². The maximum atomic E-state index is 12.7. The van der Waals surface area contributed by atoms with Crippen LogP contribution in [-0.4, -0.2) is 16.1 Å². The number of phenols is 1. The molecule has 0 aliphatic carbocycles. The summed E-state index contributed by atoms with van der Waals surface area (Å²) in [5.41, 5.74) is 2.32. The van der Waals surface area contributed by atoms with Crippen LogP contribution in [0.2, 0.25) is 0 Å². The summed E-state index contributed by atoms with van der Waals surface area (Å²) in [7, 11) is 0. The van der Waals surface area contributed by atoms with Crippen molar-refractivity contribution in [1.29, 1.82) is 0 Å². The van der Waals surface area contributed by atoms with Gasteiger partial charge in [0.2, 0.25) is 0 Å². The van der Waals surface area contributed by atoms with Gasteiger partial charge < -0.3 is 15.7 Å². The average Bonchev–Trinajstić information content (AvgIpc) is 2.78. The van der Waals surface area contributed by atoms with Crippen LogP contribution in [0.15, 0.2) is 91.1 Å². The minimum absolute atomic E-state index is 0.141. The zero-order valence-electron chi connectivity index (χ0n) is 15.7. The Bertz CT molecular complexity index is 1110. The molecule has 1 aromatic heterocycles. The zero-order chi connectivity index (χ0) is 20.1. The number of hydrogen-bond acceptors (Lipinski definition) is 3. The minimum atomic E-state index is -0.508. The number of benzene rings is 3. The van der Waals surface area contributed by atoms with Crippen molar-refractivity contribution in [2.75, 3.05) is 0 Å². The second-order valence-corrected chi connectivity index (χ2v) is 6.71. The summed E-state index contributed by atoms with van der Waals surface area (Å²) in [4.78, 5) is 16.9. The number of aromatic nitrogens is 1. The number of hydrogen-bond donors (Lipinski definition) is 3. The van der Waals surface area contributed by atoms with Gasteiger partial charge in [-0.15, -0.1) is 0 Å². The third-order valence-corrected chi connectivity index (χ3v) is 4.80. The van der Waals surface area contributed by atoms with E-state index in [0.29, 0.717) is 12.1 Å². The Labute approximate surface area is 169 Å². The van der Waals surface area contributed by atoms with Gasteiger partial charge in [-0.2, -0.15) is 0 Å². The molecule has 1 atom stereocenters. The predicted molar refractivity (Wildman–Crippen MR) is 114 cm³/mol. The maximum Gasteiger partial charge on any atom is 0.315 e. The molecule has 29 heavy (non-hydrogen) atoms. The van der Waals surface area contributed by atoms with Crippen LogP contribution >= 0.6 is 0 Å². The first kappa shape index (κ1) is 18.5. The number of nitrogens with one attached hydrogen (secondary N) is 2. The Morgan fingerprint density at radius 2 is 1.66 bits per heavy atom. The van der Waals surface area contributed by atoms with Crippen LogP contribution in [0, 0.1) is 0 Å². The highest BCUT2D eigenvalue weighted by Gasteiger charge is 2.22. The van der Waals surface area contributed by atoms with Crippen molar-refractivity contribution in [2.24, 2.45) is 0 Å². The number of urea groups is 1. The third-order valence-electron chi connectivity index (χ3n) is 4.80. The number of carbonyl (C=O) groups excluding carboxylic acids is 1. The maximum absolute atomic E-state index is 12.7. The minimum Gasteiger partial charge on any atom is -0.508 e. The molecule has 4 aromatic rings. The van der Waals surface area contributed by atoms with E-state index in [-0.39, 0.29) is 11.8 Å². The molecule has 0 saturated heterocycles. The van der Waals surface area contributed by atoms with E-state index in [4.69, 9.17) is 0 Å². The molecule has 5 nitrogen and oxygen atoms in total. The van der Waals surface area contributed by atoms with Crippen LogP contribution in [0.5, 0.6) is 5.75 Å². The highest BCUT2D eigenvalue weighted by molar-refractivity contribution is 5.89. The van der Waals surface area contributed by atoms with Gasteiger partial charge in [0.25, 0.3) is 0 Å². The van der Waals surface area contributed by atoms with Crippen molar-refractivity contribution in [1.82, 2.24) is 15.6 Å². The standard InChI is InChI=1S/C24H21N3O2/c28-21-14-13-17-8-4-5-12-20(17)22(21)23(18-9-2-1-3-10-18)27-24(29)26-16-19-11-6-7-15-25-19/h1-15,23,28H,16H2,(H2,26,27,29)/t23-/m1/s1. The molecule has 0 fully saturated rings. The molecule has 5 heteroatoms. The zero-order valence-corrected chi connectivity index (χ0v) is 15.7. The number of aromatic hydroxyl groups is 1. The Morgan fingerprint density at radius 1 is 0.897 bits per heavy atom. The molecule has 3 aromatic carbocycles. The molecular weight excluding hydrogens is 362 g/mol. The molecule has 1 heterocycles. The van der Waals surface area contributed by atoms with Gasteiger partial charge in [0.1, 0.15) is 5.75 Å². The normalized spacial score (nSPS) is 11.7. The van der Waals surface area contributed by atoms with Gasteiger partial charge in [-0.05, 0) is 34.5 Å². The van der Waals surface area contributed by atoms with Gasteiger partial charge in [0.05, 0.1) is 18.3 Å². The lowest BCUT2D eigenvalue weighted by molar-refractivity contribution is 0.238. The fraction of sp³-hybridized carbons (Fsp3) is 0.0833. The molecular formula is C24H21N3O2. The lowest BCUT2D eigenvalue weighted by atomic mass is 9.93. The Hall–Kier alpha value is -3.86. The first-order valence-corrected chi connectivity index (χ1v) is 9.42. The first-order valence-electron chi connectivity index (χ1n) is 9.42. The van der Waals surface area contributed by atoms with Crippen LogP contribution in [0.25, 0.3) is 10.8 Å². The third kappa shape index (κ3) is 4.19. The second kappa shape index (κ2) is 8.44. The Balaban J connectivity index is 1.67. The van der Waals surface area contributed by atoms with Gasteiger partial charge in [-0.25, -0.2) is 4.79 Å². The highest BCUT2D eigenvalue weighted by atomic mass is 16.3. The van der Waals surface area contributed by atoms with Gasteiger partial charge in [0, 0.05) is 11.8 Å². The van der Waals surface area contributed by atoms with E-state index >= 15 is 0 Å². The van der Waals surface area contributed by atoms with E-state index in [0.717, 1.165) is 22.0 Å². The van der Waals surface area contributed by atoms with Crippen molar-refractivity contribution in [3.63, 3.8) is 0 Å². The summed E-state index contributed by atoms with van der Waals surface area (Å²) in [6, 6.07) is 25.7. The summed E-state index contributed by atoms with van der Waals surface area (Å²) in [6.45, 7) is 0.315. The number of pyridine rings is 1. The van der Waals surface area contributed by atoms with Crippen LogP contribution in [0.4, 0.5) is 4.79 Å². The van der Waals surface area contributed by atoms with Crippen LogP contribution in [0.1, 0.15) is 22.9 Å². The fourth-order valence-electron chi connectivity index (χ4n) is 3.41. The number of nitrogens with zero attached hydrogens (tertiary/aromatic N) is 1. The topological polar surface area (TPSA) is 74.2 Å². The number of rotatable bonds is 5. The van der Waals surface area contributed by atoms with Crippen molar-refractivity contribution in [2.45, 2.75) is 12.6 Å². The molecule has 0 saturated carbocycles. The van der Waals surface area contributed by atoms with Gasteiger partial charge in [-0.3, -0.25) is 4.98 Å². The monoisotopic (exact) mass is 383 g/mol. The molecule has 0 radical (unpaired) electrons. The summed E-state index contributed by atoms with van der Waals surface area (Å²) in [5.74, 6) is 0.141. The lowest BCUT2D eigenvalue weighted by Crippen LogP contribution is -2.38. The highest BCUT2D eigenvalue weighted by Crippen LogP contribution is 2.35. The first-order chi connectivity index (χ1) is 14.2. The Kier molecular flexibility index (Phi) is 5.38. The molecule has 0 unspecified atom stereocenters. The van der Waals surface area contributed by atoms with E-state index in [9.17, 15) is 9.90 Å². The fourth-order valence-corrected chi connectivity index (χ4v) is 3.41. The van der Waals surface area contributed by atoms with E-state index in [2.05, 4.69) is 15.6 Å². The number of amides is 2. The second-order valence-electron chi connectivity index (χ2n) is 6.71. The number of phenolic OH excluding ortho intramolecular Hbond substituents is 1. The quantitative estimate of drug-likeness (QED) is 0.474. The molecule has 3 N–H and O–H groups in total. The molecule has 0 bridgehead atoms. The van der Waals surface area contributed by atoms with Crippen molar-refractivity contribution in [3.05, 3.63) is 108 Å². The molecule has 0 spiro atoms. The van der Waals surface area contributed by atoms with E-state index in [1.165, 1.54) is 0 Å². The number of carbonyl (C=O) groups is 1. The largest absolute Gasteiger partial charge is 0.508 e. The Morgan fingerprint density at radius 3 is 2.45 bits per heavy atom. The van der Waals surface area contributed by atoms with E-state index in [1.807, 2.05) is 78.9 Å². The predicted octanol–water partition coefficient (Wildman–Crippen LogP) is 4.53. The average molecular weight is 383 g/mol. The van der Waals surface area contributed by atoms with Crippen LogP contribution < -0.4 is 10.6 Å². The van der Waals surface area contributed by atoms with Crippen LogP contribution in [0.3, 0.4) is 0 Å². The van der Waals surface area contributed by atoms with Gasteiger partial charge >= 0.3 is 6.03 Å². The molecule has 144 valence electrons. The SMILES string of the molecule is O=C(NCc1ccccn1)N[C@H](c1ccccc1)c1c(O)ccc2ccccc12. The summed E-state index contributed by atoms with van der Waals surface area (Å²) in [6.07, 6.45) is 1.69. The smallest absolute Gasteiger partial charge is 0.315 e. The molecule has 0 aliphatic heterocycles. The van der Waals surface area contributed by atoms with Crippen molar-refractivity contribution < 1.29 is 9.90 Å². The summed E-state index contributed by atoms with van der Waals surface area (Å²) >= 11 is 0. The molecule has 0 aliphatic rings. The molecule has 2 amide bonds. The van der Waals surface area contributed by atoms with E-state index < -0.39 is 6.04 Å². The van der Waals surface area contributed by atoms with Crippen molar-refractivity contribution in [3.8, 4) is 5.75 Å². The summed E-state index contributed by atoms with van der Waals surface area (Å²) < 4.78 is 0. The van der Waals surface area contributed by atoms with Crippen molar-refractivity contribution >= 4 is 16.8 Å².